The lowest BCUT2D eigenvalue weighted by atomic mass is 10.3. The fraction of sp³-hybridized carbons (Fsp3) is 0.476. The van der Waals surface area contributed by atoms with Crippen LogP contribution in [0.2, 0.25) is 0 Å². The second kappa shape index (κ2) is 11.2. The van der Waals surface area contributed by atoms with Gasteiger partial charge in [-0.25, -0.2) is 9.48 Å². The zero-order chi connectivity index (χ0) is 21.2. The summed E-state index contributed by atoms with van der Waals surface area (Å²) < 4.78 is 12.1. The molecule has 1 aliphatic rings. The van der Waals surface area contributed by atoms with Gasteiger partial charge in [-0.3, -0.25) is 4.79 Å². The standard InChI is InChI=1S/C21H29N5O4/c1-2-29-21(28)25-15-13-24(14-16-25)19-8-9-20(27)26(23-19)12-10-22-11-17-30-18-6-4-3-5-7-18/h3-9,22H,2,10-17H2,1H3. The first-order chi connectivity index (χ1) is 14.7. The highest BCUT2D eigenvalue weighted by Crippen LogP contribution is 2.12. The van der Waals surface area contributed by atoms with Crippen LogP contribution >= 0.6 is 0 Å². The maximum atomic E-state index is 12.1. The van der Waals surface area contributed by atoms with Crippen LogP contribution in [0, 0.1) is 0 Å². The fourth-order valence-corrected chi connectivity index (χ4v) is 3.17. The van der Waals surface area contributed by atoms with Gasteiger partial charge in [0, 0.05) is 45.3 Å². The molecule has 0 saturated carbocycles. The van der Waals surface area contributed by atoms with Crippen LogP contribution in [-0.4, -0.2) is 73.3 Å². The van der Waals surface area contributed by atoms with Crippen molar-refractivity contribution in [1.82, 2.24) is 20.0 Å². The van der Waals surface area contributed by atoms with E-state index in [1.807, 2.05) is 30.3 Å². The minimum Gasteiger partial charge on any atom is -0.492 e. The highest BCUT2D eigenvalue weighted by molar-refractivity contribution is 5.68. The van der Waals surface area contributed by atoms with Gasteiger partial charge in [-0.1, -0.05) is 18.2 Å². The van der Waals surface area contributed by atoms with Crippen molar-refractivity contribution in [3.63, 3.8) is 0 Å². The van der Waals surface area contributed by atoms with Gasteiger partial charge < -0.3 is 24.6 Å². The monoisotopic (exact) mass is 415 g/mol. The van der Waals surface area contributed by atoms with E-state index in [1.165, 1.54) is 4.68 Å². The van der Waals surface area contributed by atoms with E-state index in [9.17, 15) is 9.59 Å². The Morgan fingerprint density at radius 1 is 1.07 bits per heavy atom. The molecule has 0 radical (unpaired) electrons. The van der Waals surface area contributed by atoms with Gasteiger partial charge in [-0.05, 0) is 25.1 Å². The number of hydrogen-bond donors (Lipinski definition) is 1. The summed E-state index contributed by atoms with van der Waals surface area (Å²) in [7, 11) is 0. The Kier molecular flexibility index (Phi) is 8.08. The molecule has 0 spiro atoms. The molecule has 1 amide bonds. The van der Waals surface area contributed by atoms with Gasteiger partial charge in [0.1, 0.15) is 18.2 Å². The van der Waals surface area contributed by atoms with E-state index in [2.05, 4.69) is 15.3 Å². The molecule has 0 unspecified atom stereocenters. The smallest absolute Gasteiger partial charge is 0.409 e. The first kappa shape index (κ1) is 21.6. The van der Waals surface area contributed by atoms with E-state index in [-0.39, 0.29) is 11.7 Å². The third-order valence-corrected chi connectivity index (χ3v) is 4.77. The summed E-state index contributed by atoms with van der Waals surface area (Å²) in [5.41, 5.74) is -0.133. The minimum atomic E-state index is -0.280. The van der Waals surface area contributed by atoms with Crippen molar-refractivity contribution in [3.8, 4) is 5.75 Å². The number of aromatic nitrogens is 2. The lowest BCUT2D eigenvalue weighted by molar-refractivity contribution is 0.105. The molecule has 3 rings (SSSR count). The lowest BCUT2D eigenvalue weighted by Gasteiger charge is -2.34. The fourth-order valence-electron chi connectivity index (χ4n) is 3.17. The number of ether oxygens (including phenoxy) is 2. The molecule has 0 atom stereocenters. The molecule has 1 fully saturated rings. The molecule has 2 aromatic rings. The van der Waals surface area contributed by atoms with Crippen molar-refractivity contribution in [2.45, 2.75) is 13.5 Å². The largest absolute Gasteiger partial charge is 0.492 e. The van der Waals surface area contributed by atoms with Crippen LogP contribution in [0.1, 0.15) is 6.92 Å². The van der Waals surface area contributed by atoms with Crippen LogP contribution in [0.25, 0.3) is 0 Å². The van der Waals surface area contributed by atoms with E-state index >= 15 is 0 Å². The summed E-state index contributed by atoms with van der Waals surface area (Å²) in [6.07, 6.45) is -0.280. The molecule has 162 valence electrons. The van der Waals surface area contributed by atoms with Crippen LogP contribution in [0.5, 0.6) is 5.75 Å². The van der Waals surface area contributed by atoms with Crippen molar-refractivity contribution < 1.29 is 14.3 Å². The molecular weight excluding hydrogens is 386 g/mol. The summed E-state index contributed by atoms with van der Waals surface area (Å²) in [5.74, 6) is 1.58. The third-order valence-electron chi connectivity index (χ3n) is 4.77. The zero-order valence-electron chi connectivity index (χ0n) is 17.3. The molecule has 9 nitrogen and oxygen atoms in total. The lowest BCUT2D eigenvalue weighted by Crippen LogP contribution is -2.49. The number of benzene rings is 1. The number of amides is 1. The topological polar surface area (TPSA) is 88.9 Å². The highest BCUT2D eigenvalue weighted by Gasteiger charge is 2.23. The Morgan fingerprint density at radius 3 is 2.57 bits per heavy atom. The van der Waals surface area contributed by atoms with Gasteiger partial charge in [0.15, 0.2) is 0 Å². The molecule has 1 aromatic heterocycles. The summed E-state index contributed by atoms with van der Waals surface area (Å²) >= 11 is 0. The van der Waals surface area contributed by atoms with Crippen LogP contribution in [-0.2, 0) is 11.3 Å². The molecule has 2 heterocycles. The van der Waals surface area contributed by atoms with Gasteiger partial charge in [0.25, 0.3) is 5.56 Å². The SMILES string of the molecule is CCOC(=O)N1CCN(c2ccc(=O)n(CCNCCOc3ccccc3)n2)CC1. The number of nitrogens with zero attached hydrogens (tertiary/aromatic N) is 4. The Labute approximate surface area is 176 Å². The van der Waals surface area contributed by atoms with Gasteiger partial charge in [0.05, 0.1) is 13.2 Å². The van der Waals surface area contributed by atoms with E-state index in [4.69, 9.17) is 9.47 Å². The normalized spacial score (nSPS) is 13.9. The number of rotatable bonds is 9. The maximum absolute atomic E-state index is 12.1. The second-order valence-corrected chi connectivity index (χ2v) is 6.84. The van der Waals surface area contributed by atoms with E-state index in [0.717, 1.165) is 11.6 Å². The summed E-state index contributed by atoms with van der Waals surface area (Å²) in [5, 5.41) is 7.76. The average molecular weight is 415 g/mol. The van der Waals surface area contributed by atoms with Gasteiger partial charge in [-0.15, -0.1) is 0 Å². The first-order valence-corrected chi connectivity index (χ1v) is 10.3. The predicted molar refractivity (Wildman–Crippen MR) is 114 cm³/mol. The van der Waals surface area contributed by atoms with E-state index < -0.39 is 0 Å². The quantitative estimate of drug-likeness (QED) is 0.616. The third kappa shape index (κ3) is 6.21. The minimum absolute atomic E-state index is 0.133. The highest BCUT2D eigenvalue weighted by atomic mass is 16.6. The molecule has 1 saturated heterocycles. The van der Waals surface area contributed by atoms with E-state index in [0.29, 0.717) is 59.0 Å². The molecule has 0 aliphatic carbocycles. The molecule has 30 heavy (non-hydrogen) atoms. The number of piperazine rings is 1. The number of carbonyl (C=O) groups excluding carboxylic acids is 1. The molecule has 0 bridgehead atoms. The van der Waals surface area contributed by atoms with Crippen LogP contribution < -0.4 is 20.5 Å². The molecule has 1 aliphatic heterocycles. The predicted octanol–water partition coefficient (Wildman–Crippen LogP) is 1.19. The van der Waals surface area contributed by atoms with Crippen LogP contribution in [0.4, 0.5) is 10.6 Å². The average Bonchev–Trinajstić information content (AvgIpc) is 2.78. The van der Waals surface area contributed by atoms with Gasteiger partial charge in [-0.2, -0.15) is 5.10 Å². The number of nitrogens with one attached hydrogen (secondary N) is 1. The number of anilines is 1. The molecule has 1 aromatic carbocycles. The molecular formula is C21H29N5O4. The molecule has 1 N–H and O–H groups in total. The van der Waals surface area contributed by atoms with Crippen molar-refractivity contribution in [2.75, 3.05) is 57.4 Å². The van der Waals surface area contributed by atoms with Gasteiger partial charge >= 0.3 is 6.09 Å². The first-order valence-electron chi connectivity index (χ1n) is 10.3. The molecule has 9 heteroatoms. The van der Waals surface area contributed by atoms with Crippen molar-refractivity contribution in [3.05, 3.63) is 52.8 Å². The van der Waals surface area contributed by atoms with E-state index in [1.54, 1.807) is 24.0 Å². The number of carbonyl (C=O) groups is 1. The van der Waals surface area contributed by atoms with Crippen molar-refractivity contribution in [2.24, 2.45) is 0 Å². The summed E-state index contributed by atoms with van der Waals surface area (Å²) in [6.45, 7) is 6.94. The maximum Gasteiger partial charge on any atom is 0.409 e. The number of para-hydroxylation sites is 1. The Balaban J connectivity index is 1.43. The summed E-state index contributed by atoms with van der Waals surface area (Å²) in [6, 6.07) is 12.9. The van der Waals surface area contributed by atoms with Crippen molar-refractivity contribution >= 4 is 11.9 Å². The van der Waals surface area contributed by atoms with Crippen molar-refractivity contribution in [1.29, 1.82) is 0 Å². The van der Waals surface area contributed by atoms with Gasteiger partial charge in [0.2, 0.25) is 0 Å². The Hall–Kier alpha value is -3.07. The number of hydrogen-bond acceptors (Lipinski definition) is 7. The second-order valence-electron chi connectivity index (χ2n) is 6.84. The van der Waals surface area contributed by atoms with Crippen LogP contribution in [0.15, 0.2) is 47.3 Å². The zero-order valence-corrected chi connectivity index (χ0v) is 17.3. The summed E-state index contributed by atoms with van der Waals surface area (Å²) in [4.78, 5) is 27.7. The Morgan fingerprint density at radius 2 is 1.83 bits per heavy atom. The van der Waals surface area contributed by atoms with Crippen LogP contribution in [0.3, 0.4) is 0 Å². The Bertz CT molecular complexity index is 850.